The minimum Gasteiger partial charge on any atom is -0.267 e. The van der Waals surface area contributed by atoms with Gasteiger partial charge in [0.2, 0.25) is 0 Å². The smallest absolute Gasteiger partial charge is 0.267 e. The summed E-state index contributed by atoms with van der Waals surface area (Å²) in [5, 5.41) is 2.91. The monoisotopic (exact) mass is 266 g/mol. The summed E-state index contributed by atoms with van der Waals surface area (Å²) >= 11 is 3.34. The zero-order chi connectivity index (χ0) is 10.6. The van der Waals surface area contributed by atoms with Gasteiger partial charge in [-0.25, -0.2) is 5.01 Å². The summed E-state index contributed by atoms with van der Waals surface area (Å²) in [4.78, 5) is 23.9. The van der Waals surface area contributed by atoms with Crippen molar-refractivity contribution in [3.05, 3.63) is 35.4 Å². The lowest BCUT2D eigenvalue weighted by Gasteiger charge is -2.13. The molecule has 2 aliphatic rings. The maximum absolute atomic E-state index is 11.9. The molecule has 5 heteroatoms. The van der Waals surface area contributed by atoms with E-state index >= 15 is 0 Å². The second kappa shape index (κ2) is 2.90. The number of nitrogens with zero attached hydrogens (tertiary/aromatic N) is 2. The van der Waals surface area contributed by atoms with Crippen LogP contribution in [0.25, 0.3) is 0 Å². The van der Waals surface area contributed by atoms with Crippen LogP contribution in [0.2, 0.25) is 0 Å². The molecule has 3 rings (SSSR count). The highest BCUT2D eigenvalue weighted by atomic mass is 79.9. The summed E-state index contributed by atoms with van der Waals surface area (Å²) in [5.41, 5.74) is 0.989. The lowest BCUT2D eigenvalue weighted by Crippen LogP contribution is -2.35. The lowest BCUT2D eigenvalue weighted by molar-refractivity contribution is 0.0394. The van der Waals surface area contributed by atoms with E-state index in [1.165, 1.54) is 5.01 Å². The second-order valence-electron chi connectivity index (χ2n) is 3.52. The number of alkyl halides is 1. The Bertz CT molecular complexity index is 439. The van der Waals surface area contributed by atoms with Crippen molar-refractivity contribution in [3.63, 3.8) is 0 Å². The highest BCUT2D eigenvalue weighted by Crippen LogP contribution is 2.32. The highest BCUT2D eigenvalue weighted by Gasteiger charge is 2.47. The molecule has 76 valence electrons. The minimum absolute atomic E-state index is 0.111. The SMILES string of the molecule is O=C1c2ccccc2C(=O)N1N1CC1Br. The van der Waals surface area contributed by atoms with E-state index in [1.54, 1.807) is 29.3 Å². The molecule has 2 heterocycles. The summed E-state index contributed by atoms with van der Waals surface area (Å²) in [5.74, 6) is -0.449. The molecule has 2 atom stereocenters. The number of benzene rings is 1. The van der Waals surface area contributed by atoms with Gasteiger partial charge < -0.3 is 0 Å². The quantitative estimate of drug-likeness (QED) is 0.332. The third-order valence-corrected chi connectivity index (χ3v) is 3.32. The van der Waals surface area contributed by atoms with Crippen LogP contribution in [0.3, 0.4) is 0 Å². The van der Waals surface area contributed by atoms with Crippen LogP contribution in [0.4, 0.5) is 0 Å². The van der Waals surface area contributed by atoms with Gasteiger partial charge in [-0.1, -0.05) is 28.1 Å². The molecule has 0 radical (unpaired) electrons. The van der Waals surface area contributed by atoms with E-state index < -0.39 is 0 Å². The molecule has 0 spiro atoms. The molecular weight excluding hydrogens is 260 g/mol. The third-order valence-electron chi connectivity index (χ3n) is 2.56. The van der Waals surface area contributed by atoms with Gasteiger partial charge in [-0.3, -0.25) is 9.59 Å². The Balaban J connectivity index is 2.05. The Morgan fingerprint density at radius 2 is 1.60 bits per heavy atom. The Hall–Kier alpha value is -1.20. The van der Waals surface area contributed by atoms with Crippen molar-refractivity contribution in [1.82, 2.24) is 10.0 Å². The first-order valence-electron chi connectivity index (χ1n) is 4.58. The van der Waals surface area contributed by atoms with Crippen molar-refractivity contribution in [2.24, 2.45) is 0 Å². The van der Waals surface area contributed by atoms with Gasteiger partial charge in [-0.15, -0.1) is 0 Å². The van der Waals surface area contributed by atoms with E-state index in [0.717, 1.165) is 0 Å². The molecule has 0 N–H and O–H groups in total. The van der Waals surface area contributed by atoms with Gasteiger partial charge in [0.1, 0.15) is 0 Å². The topological polar surface area (TPSA) is 40.4 Å². The maximum Gasteiger partial charge on any atom is 0.276 e. The van der Waals surface area contributed by atoms with E-state index in [-0.39, 0.29) is 16.8 Å². The normalized spacial score (nSPS) is 28.2. The summed E-state index contributed by atoms with van der Waals surface area (Å²) in [6.45, 7) is 0.700. The second-order valence-corrected chi connectivity index (χ2v) is 4.58. The molecule has 4 nitrogen and oxygen atoms in total. The van der Waals surface area contributed by atoms with E-state index in [4.69, 9.17) is 0 Å². The summed E-state index contributed by atoms with van der Waals surface area (Å²) in [6, 6.07) is 6.90. The number of carbonyl (C=O) groups excluding carboxylic acids is 2. The van der Waals surface area contributed by atoms with Crippen molar-refractivity contribution in [2.45, 2.75) is 4.95 Å². The van der Waals surface area contributed by atoms with Gasteiger partial charge in [-0.2, -0.15) is 5.01 Å². The van der Waals surface area contributed by atoms with Gasteiger partial charge in [0.25, 0.3) is 11.8 Å². The van der Waals surface area contributed by atoms with Crippen LogP contribution >= 0.6 is 15.9 Å². The molecule has 2 amide bonds. The molecule has 1 aromatic rings. The zero-order valence-corrected chi connectivity index (χ0v) is 9.27. The Morgan fingerprint density at radius 3 is 2.00 bits per heavy atom. The van der Waals surface area contributed by atoms with Crippen LogP contribution in [0.1, 0.15) is 20.7 Å². The van der Waals surface area contributed by atoms with Crippen LogP contribution in [0.15, 0.2) is 24.3 Å². The number of fused-ring (bicyclic) bond motifs is 1. The fraction of sp³-hybridized carbons (Fsp3) is 0.200. The third kappa shape index (κ3) is 1.16. The number of carbonyl (C=O) groups is 2. The number of halogens is 1. The minimum atomic E-state index is -0.224. The molecule has 1 fully saturated rings. The van der Waals surface area contributed by atoms with Gasteiger partial charge in [-0.05, 0) is 12.1 Å². The van der Waals surface area contributed by atoms with Gasteiger partial charge in [0.05, 0.1) is 16.1 Å². The predicted molar refractivity (Wildman–Crippen MR) is 56.4 cm³/mol. The number of hydrazine groups is 1. The van der Waals surface area contributed by atoms with Crippen molar-refractivity contribution >= 4 is 27.7 Å². The van der Waals surface area contributed by atoms with Crippen molar-refractivity contribution in [2.75, 3.05) is 6.54 Å². The van der Waals surface area contributed by atoms with E-state index in [0.29, 0.717) is 17.7 Å². The van der Waals surface area contributed by atoms with Crippen molar-refractivity contribution in [1.29, 1.82) is 0 Å². The number of imide groups is 1. The number of rotatable bonds is 1. The van der Waals surface area contributed by atoms with Crippen LogP contribution in [0, 0.1) is 0 Å². The molecule has 0 aliphatic carbocycles. The predicted octanol–water partition coefficient (Wildman–Crippen LogP) is 1.23. The Morgan fingerprint density at radius 1 is 1.13 bits per heavy atom. The molecule has 2 unspecified atom stereocenters. The van der Waals surface area contributed by atoms with Gasteiger partial charge in [0.15, 0.2) is 0 Å². The first-order chi connectivity index (χ1) is 7.20. The first kappa shape index (κ1) is 9.06. The van der Waals surface area contributed by atoms with Gasteiger partial charge >= 0.3 is 0 Å². The summed E-state index contributed by atoms with van der Waals surface area (Å²) in [7, 11) is 0. The van der Waals surface area contributed by atoms with Gasteiger partial charge in [0, 0.05) is 6.54 Å². The number of hydrogen-bond donors (Lipinski definition) is 0. The fourth-order valence-corrected chi connectivity index (χ4v) is 2.20. The van der Waals surface area contributed by atoms with Crippen LogP contribution in [-0.4, -0.2) is 33.3 Å². The molecule has 0 saturated carbocycles. The summed E-state index contributed by atoms with van der Waals surface area (Å²) < 4.78 is 0. The Labute approximate surface area is 94.6 Å². The van der Waals surface area contributed by atoms with Crippen LogP contribution < -0.4 is 0 Å². The van der Waals surface area contributed by atoms with Crippen LogP contribution in [-0.2, 0) is 0 Å². The first-order valence-corrected chi connectivity index (χ1v) is 5.50. The van der Waals surface area contributed by atoms with E-state index in [1.807, 2.05) is 0 Å². The average molecular weight is 267 g/mol. The molecule has 1 saturated heterocycles. The van der Waals surface area contributed by atoms with Crippen molar-refractivity contribution in [3.8, 4) is 0 Å². The van der Waals surface area contributed by atoms with Crippen molar-refractivity contribution < 1.29 is 9.59 Å². The lowest BCUT2D eigenvalue weighted by atomic mass is 10.1. The standard InChI is InChI=1S/C10H7BrN2O2/c11-8-5-12(8)13-9(14)6-3-1-2-4-7(6)10(13)15/h1-4,8H,5H2. The largest absolute Gasteiger partial charge is 0.276 e. The molecule has 0 aromatic heterocycles. The van der Waals surface area contributed by atoms with Crippen LogP contribution in [0.5, 0.6) is 0 Å². The Kier molecular flexibility index (Phi) is 1.75. The molecular formula is C10H7BrN2O2. The molecule has 2 aliphatic heterocycles. The molecule has 1 aromatic carbocycles. The number of hydrogen-bond acceptors (Lipinski definition) is 3. The zero-order valence-electron chi connectivity index (χ0n) is 7.68. The molecule has 0 bridgehead atoms. The molecule has 15 heavy (non-hydrogen) atoms. The summed E-state index contributed by atoms with van der Waals surface area (Å²) in [6.07, 6.45) is 0. The average Bonchev–Trinajstić information content (AvgIpc) is 2.89. The van der Waals surface area contributed by atoms with E-state index in [2.05, 4.69) is 15.9 Å². The highest BCUT2D eigenvalue weighted by molar-refractivity contribution is 9.09. The number of amides is 2. The fourth-order valence-electron chi connectivity index (χ4n) is 1.72. The maximum atomic E-state index is 11.9. The van der Waals surface area contributed by atoms with E-state index in [9.17, 15) is 9.59 Å².